The van der Waals surface area contributed by atoms with Crippen molar-refractivity contribution in [2.24, 2.45) is 0 Å². The largest absolute Gasteiger partial charge is 0.364 e. The van der Waals surface area contributed by atoms with Gasteiger partial charge in [0.05, 0.1) is 10.6 Å². The quantitative estimate of drug-likeness (QED) is 0.0884. The average molecular weight is 534 g/mol. The molecule has 39 heavy (non-hydrogen) atoms. The van der Waals surface area contributed by atoms with Crippen molar-refractivity contribution in [3.8, 4) is 0 Å². The fraction of sp³-hybridized carbons (Fsp3) is 0.562. The van der Waals surface area contributed by atoms with Crippen LogP contribution >= 0.6 is 0 Å². The van der Waals surface area contributed by atoms with Crippen molar-refractivity contribution in [2.75, 3.05) is 23.3 Å². The van der Waals surface area contributed by atoms with Gasteiger partial charge in [0.25, 0.3) is 0 Å². The zero-order valence-electron chi connectivity index (χ0n) is 24.0. The lowest BCUT2D eigenvalue weighted by molar-refractivity contribution is -0.383. The zero-order chi connectivity index (χ0) is 27.7. The SMILES string of the molecule is CCCCCCCCCCCCCCCCNc1ncnc(N(CC)c2cccc3ccccc23)c1[N+](=O)[O-]. The lowest BCUT2D eigenvalue weighted by Crippen LogP contribution is -2.20. The predicted octanol–water partition coefficient (Wildman–Crippen LogP) is 9.59. The highest BCUT2D eigenvalue weighted by atomic mass is 16.6. The molecule has 0 aliphatic rings. The first kappa shape index (κ1) is 30.3. The van der Waals surface area contributed by atoms with Gasteiger partial charge in [0.1, 0.15) is 6.33 Å². The summed E-state index contributed by atoms with van der Waals surface area (Å²) in [5.74, 6) is 0.607. The molecule has 7 heteroatoms. The summed E-state index contributed by atoms with van der Waals surface area (Å²) >= 11 is 0. The highest BCUT2D eigenvalue weighted by Crippen LogP contribution is 2.38. The van der Waals surface area contributed by atoms with Crippen molar-refractivity contribution in [3.63, 3.8) is 0 Å². The molecule has 1 heterocycles. The molecule has 212 valence electrons. The molecule has 0 spiro atoms. The molecule has 0 fully saturated rings. The number of nitrogens with one attached hydrogen (secondary N) is 1. The summed E-state index contributed by atoms with van der Waals surface area (Å²) < 4.78 is 0. The number of unbranched alkanes of at least 4 members (excludes halogenated alkanes) is 13. The first-order valence-corrected chi connectivity index (χ1v) is 15.2. The van der Waals surface area contributed by atoms with Crippen LogP contribution in [0.3, 0.4) is 0 Å². The van der Waals surface area contributed by atoms with E-state index >= 15 is 0 Å². The van der Waals surface area contributed by atoms with Gasteiger partial charge in [0.2, 0.25) is 11.6 Å². The standard InChI is InChI=1S/C32H47N5O2/c1-3-5-6-7-8-9-10-11-12-13-14-15-16-19-25-33-31-30(37(38)39)32(35-26-34-31)36(4-2)29-24-20-22-27-21-17-18-23-28(27)29/h17-18,20-24,26H,3-16,19,25H2,1-2H3,(H,33,34,35). The smallest absolute Gasteiger partial charge is 0.353 e. The van der Waals surface area contributed by atoms with E-state index in [1.165, 1.54) is 83.4 Å². The molecule has 0 saturated carbocycles. The minimum absolute atomic E-state index is 0.0716. The monoisotopic (exact) mass is 533 g/mol. The average Bonchev–Trinajstić information content (AvgIpc) is 2.95. The Morgan fingerprint density at radius 1 is 0.769 bits per heavy atom. The van der Waals surface area contributed by atoms with Crippen molar-refractivity contribution >= 4 is 33.8 Å². The summed E-state index contributed by atoms with van der Waals surface area (Å²) in [7, 11) is 0. The van der Waals surface area contributed by atoms with E-state index in [1.54, 1.807) is 0 Å². The third kappa shape index (κ3) is 9.48. The highest BCUT2D eigenvalue weighted by Gasteiger charge is 2.27. The zero-order valence-corrected chi connectivity index (χ0v) is 24.0. The molecule has 3 aromatic rings. The summed E-state index contributed by atoms with van der Waals surface area (Å²) in [4.78, 5) is 22.3. The molecule has 0 aliphatic heterocycles. The van der Waals surface area contributed by atoms with E-state index in [1.807, 2.05) is 54.3 Å². The van der Waals surface area contributed by atoms with Crippen LogP contribution in [-0.4, -0.2) is 28.0 Å². The highest BCUT2D eigenvalue weighted by molar-refractivity contribution is 5.96. The fourth-order valence-corrected chi connectivity index (χ4v) is 5.27. The van der Waals surface area contributed by atoms with Crippen LogP contribution in [-0.2, 0) is 0 Å². The summed E-state index contributed by atoms with van der Waals surface area (Å²) in [6.45, 7) is 5.46. The van der Waals surface area contributed by atoms with E-state index in [-0.39, 0.29) is 10.6 Å². The minimum Gasteiger partial charge on any atom is -0.364 e. The van der Waals surface area contributed by atoms with Crippen LogP contribution in [0.1, 0.15) is 104 Å². The number of benzene rings is 2. The van der Waals surface area contributed by atoms with E-state index in [9.17, 15) is 10.1 Å². The third-order valence-electron chi connectivity index (χ3n) is 7.44. The van der Waals surface area contributed by atoms with Crippen molar-refractivity contribution in [3.05, 3.63) is 58.9 Å². The Balaban J connectivity index is 1.45. The molecule has 3 rings (SSSR count). The van der Waals surface area contributed by atoms with Gasteiger partial charge in [-0.15, -0.1) is 0 Å². The first-order chi connectivity index (χ1) is 19.2. The van der Waals surface area contributed by atoms with Gasteiger partial charge in [-0.25, -0.2) is 9.97 Å². The Morgan fingerprint density at radius 2 is 1.36 bits per heavy atom. The summed E-state index contributed by atoms with van der Waals surface area (Å²) in [5, 5.41) is 17.5. The number of nitro groups is 1. The van der Waals surface area contributed by atoms with Crippen molar-refractivity contribution in [1.82, 2.24) is 9.97 Å². The third-order valence-corrected chi connectivity index (χ3v) is 7.44. The number of hydrogen-bond donors (Lipinski definition) is 1. The predicted molar refractivity (Wildman–Crippen MR) is 164 cm³/mol. The Morgan fingerprint density at radius 3 is 1.97 bits per heavy atom. The normalized spacial score (nSPS) is 11.1. The molecular weight excluding hydrogens is 486 g/mol. The second kappa shape index (κ2) is 17.4. The van der Waals surface area contributed by atoms with E-state index < -0.39 is 0 Å². The lowest BCUT2D eigenvalue weighted by atomic mass is 10.0. The van der Waals surface area contributed by atoms with Crippen LogP contribution in [0.5, 0.6) is 0 Å². The van der Waals surface area contributed by atoms with Gasteiger partial charge < -0.3 is 10.2 Å². The van der Waals surface area contributed by atoms with E-state index in [2.05, 4.69) is 22.2 Å². The Labute approximate surface area is 234 Å². The van der Waals surface area contributed by atoms with E-state index in [0.29, 0.717) is 24.7 Å². The molecule has 0 aliphatic carbocycles. The van der Waals surface area contributed by atoms with Crippen LogP contribution in [0.25, 0.3) is 10.8 Å². The van der Waals surface area contributed by atoms with Gasteiger partial charge >= 0.3 is 5.69 Å². The number of rotatable bonds is 20. The number of nitrogens with zero attached hydrogens (tertiary/aromatic N) is 4. The van der Waals surface area contributed by atoms with Crippen molar-refractivity contribution in [1.29, 1.82) is 0 Å². The Kier molecular flexibility index (Phi) is 13.5. The van der Waals surface area contributed by atoms with Crippen LogP contribution in [0.15, 0.2) is 48.8 Å². The van der Waals surface area contributed by atoms with Gasteiger partial charge in [0.15, 0.2) is 0 Å². The van der Waals surface area contributed by atoms with Crippen LogP contribution in [0.4, 0.5) is 23.0 Å². The number of hydrogen-bond acceptors (Lipinski definition) is 6. The fourth-order valence-electron chi connectivity index (χ4n) is 5.27. The summed E-state index contributed by atoms with van der Waals surface area (Å²) in [6, 6.07) is 14.1. The number of fused-ring (bicyclic) bond motifs is 1. The molecule has 1 aromatic heterocycles. The molecule has 0 atom stereocenters. The van der Waals surface area contributed by atoms with Crippen LogP contribution in [0, 0.1) is 10.1 Å². The molecular formula is C32H47N5O2. The Hall–Kier alpha value is -3.22. The second-order valence-electron chi connectivity index (χ2n) is 10.4. The lowest BCUT2D eigenvalue weighted by Gasteiger charge is -2.24. The number of aromatic nitrogens is 2. The van der Waals surface area contributed by atoms with Crippen LogP contribution < -0.4 is 10.2 Å². The van der Waals surface area contributed by atoms with E-state index in [0.717, 1.165) is 29.3 Å². The molecule has 0 bridgehead atoms. The molecule has 7 nitrogen and oxygen atoms in total. The second-order valence-corrected chi connectivity index (χ2v) is 10.4. The van der Waals surface area contributed by atoms with Gasteiger partial charge in [-0.1, -0.05) is 127 Å². The molecule has 1 N–H and O–H groups in total. The van der Waals surface area contributed by atoms with Crippen molar-refractivity contribution in [2.45, 2.75) is 104 Å². The molecule has 0 radical (unpaired) electrons. The van der Waals surface area contributed by atoms with Gasteiger partial charge in [0, 0.05) is 18.5 Å². The summed E-state index contributed by atoms with van der Waals surface area (Å²) in [5.41, 5.74) is 0.827. The van der Waals surface area contributed by atoms with Crippen LogP contribution in [0.2, 0.25) is 0 Å². The molecule has 0 saturated heterocycles. The molecule has 0 unspecified atom stereocenters. The first-order valence-electron chi connectivity index (χ1n) is 15.2. The minimum atomic E-state index is -0.364. The van der Waals surface area contributed by atoms with E-state index in [4.69, 9.17) is 0 Å². The van der Waals surface area contributed by atoms with Gasteiger partial charge in [-0.05, 0) is 24.8 Å². The Bertz CT molecular complexity index is 1130. The number of anilines is 3. The van der Waals surface area contributed by atoms with Gasteiger partial charge in [-0.2, -0.15) is 0 Å². The van der Waals surface area contributed by atoms with Crippen molar-refractivity contribution < 1.29 is 4.92 Å². The van der Waals surface area contributed by atoms with Gasteiger partial charge in [-0.3, -0.25) is 10.1 Å². The summed E-state index contributed by atoms with van der Waals surface area (Å²) in [6.07, 6.45) is 19.7. The maximum Gasteiger partial charge on any atom is 0.353 e. The molecule has 2 aromatic carbocycles. The maximum atomic E-state index is 12.2. The topological polar surface area (TPSA) is 84.2 Å². The molecule has 0 amide bonds. The maximum absolute atomic E-state index is 12.2.